The second-order valence-electron chi connectivity index (χ2n) is 8.62. The Bertz CT molecular complexity index is 433. The summed E-state index contributed by atoms with van der Waals surface area (Å²) in [4.78, 5) is 16.3. The molecule has 0 N–H and O–H groups in total. The summed E-state index contributed by atoms with van der Waals surface area (Å²) in [6, 6.07) is 0.789. The van der Waals surface area contributed by atoms with E-state index < -0.39 is 0 Å². The zero-order chi connectivity index (χ0) is 15.9. The number of ether oxygens (including phenoxy) is 1. The largest absolute Gasteiger partial charge is 0.453 e. The van der Waals surface area contributed by atoms with Crippen LogP contribution < -0.4 is 0 Å². The van der Waals surface area contributed by atoms with Gasteiger partial charge in [0.25, 0.3) is 0 Å². The van der Waals surface area contributed by atoms with Gasteiger partial charge in [-0.05, 0) is 62.4 Å². The molecular weight excluding hydrogens is 288 g/mol. The van der Waals surface area contributed by atoms with Crippen LogP contribution in [0.2, 0.25) is 0 Å². The van der Waals surface area contributed by atoms with Crippen LogP contribution in [0.25, 0.3) is 0 Å². The monoisotopic (exact) mass is 320 g/mol. The Morgan fingerprint density at radius 3 is 2.30 bits per heavy atom. The van der Waals surface area contributed by atoms with Crippen molar-refractivity contribution in [2.75, 3.05) is 33.3 Å². The molecule has 4 fully saturated rings. The number of piperidine rings is 1. The minimum absolute atomic E-state index is 0.136. The normalized spacial score (nSPS) is 36.6. The van der Waals surface area contributed by atoms with Crippen molar-refractivity contribution in [3.63, 3.8) is 0 Å². The lowest BCUT2D eigenvalue weighted by molar-refractivity contribution is -0.0134. The van der Waals surface area contributed by atoms with E-state index in [0.29, 0.717) is 5.41 Å². The van der Waals surface area contributed by atoms with E-state index in [2.05, 4.69) is 4.90 Å². The number of hydrogen-bond donors (Lipinski definition) is 0. The zero-order valence-corrected chi connectivity index (χ0v) is 14.6. The van der Waals surface area contributed by atoms with Crippen LogP contribution in [0.1, 0.15) is 57.8 Å². The van der Waals surface area contributed by atoms with Gasteiger partial charge in [-0.1, -0.05) is 25.7 Å². The summed E-state index contributed by atoms with van der Waals surface area (Å²) < 4.78 is 4.88. The fourth-order valence-electron chi connectivity index (χ4n) is 5.94. The van der Waals surface area contributed by atoms with E-state index >= 15 is 0 Å². The van der Waals surface area contributed by atoms with Gasteiger partial charge in [0, 0.05) is 19.1 Å². The molecule has 0 radical (unpaired) electrons. The van der Waals surface area contributed by atoms with Crippen LogP contribution in [0, 0.1) is 17.3 Å². The highest BCUT2D eigenvalue weighted by atomic mass is 16.5. The molecular formula is C19H32N2O2. The number of likely N-dealkylation sites (tertiary alicyclic amines) is 2. The molecule has 2 saturated heterocycles. The summed E-state index contributed by atoms with van der Waals surface area (Å²) in [5.41, 5.74) is 0.418. The predicted octanol–water partition coefficient (Wildman–Crippen LogP) is 3.51. The molecule has 4 heteroatoms. The van der Waals surface area contributed by atoms with Crippen molar-refractivity contribution < 1.29 is 9.53 Å². The van der Waals surface area contributed by atoms with E-state index in [-0.39, 0.29) is 6.09 Å². The van der Waals surface area contributed by atoms with Crippen LogP contribution in [-0.2, 0) is 4.74 Å². The average molecular weight is 320 g/mol. The number of hydrogen-bond acceptors (Lipinski definition) is 3. The van der Waals surface area contributed by atoms with Crippen molar-refractivity contribution in [3.05, 3.63) is 0 Å². The number of methoxy groups -OCH3 is 1. The van der Waals surface area contributed by atoms with Crippen LogP contribution >= 0.6 is 0 Å². The lowest BCUT2D eigenvalue weighted by atomic mass is 9.64. The first-order chi connectivity index (χ1) is 11.2. The molecule has 2 heterocycles. The maximum Gasteiger partial charge on any atom is 0.409 e. The second kappa shape index (κ2) is 6.27. The molecule has 4 rings (SSSR count). The first-order valence-corrected chi connectivity index (χ1v) is 9.76. The highest BCUT2D eigenvalue weighted by Crippen LogP contribution is 2.51. The molecule has 0 aromatic heterocycles. The van der Waals surface area contributed by atoms with Gasteiger partial charge in [-0.25, -0.2) is 4.79 Å². The molecule has 1 spiro atoms. The van der Waals surface area contributed by atoms with Gasteiger partial charge in [0.05, 0.1) is 7.11 Å². The van der Waals surface area contributed by atoms with Crippen molar-refractivity contribution in [1.29, 1.82) is 0 Å². The van der Waals surface area contributed by atoms with Gasteiger partial charge in [0.2, 0.25) is 0 Å². The Morgan fingerprint density at radius 1 is 1.00 bits per heavy atom. The molecule has 2 aliphatic heterocycles. The van der Waals surface area contributed by atoms with E-state index in [4.69, 9.17) is 4.74 Å². The van der Waals surface area contributed by atoms with Crippen LogP contribution in [0.3, 0.4) is 0 Å². The summed E-state index contributed by atoms with van der Waals surface area (Å²) in [7, 11) is 1.49. The Labute approximate surface area is 140 Å². The third kappa shape index (κ3) is 2.99. The molecule has 4 aliphatic rings. The molecule has 130 valence electrons. The highest BCUT2D eigenvalue weighted by Gasteiger charge is 2.51. The van der Waals surface area contributed by atoms with E-state index in [1.54, 1.807) is 0 Å². The highest BCUT2D eigenvalue weighted by molar-refractivity contribution is 5.67. The quantitative estimate of drug-likeness (QED) is 0.780. The van der Waals surface area contributed by atoms with Gasteiger partial charge in [0.1, 0.15) is 0 Å². The SMILES string of the molecule is COC(=O)N1CCC2(CC(N3CCC(C4CCCC4)CC3)C2)C1. The van der Waals surface area contributed by atoms with Crippen LogP contribution in [-0.4, -0.2) is 55.2 Å². The third-order valence-electron chi connectivity index (χ3n) is 7.37. The second-order valence-corrected chi connectivity index (χ2v) is 8.62. The number of carbonyl (C=O) groups is 1. The van der Waals surface area contributed by atoms with Gasteiger partial charge in [-0.2, -0.15) is 0 Å². The molecule has 4 nitrogen and oxygen atoms in total. The Hall–Kier alpha value is -0.770. The predicted molar refractivity (Wildman–Crippen MR) is 90.3 cm³/mol. The summed E-state index contributed by atoms with van der Waals surface area (Å²) in [5.74, 6) is 2.07. The maximum absolute atomic E-state index is 11.7. The molecule has 1 amide bonds. The summed E-state index contributed by atoms with van der Waals surface area (Å²) in [6.07, 6.45) is 12.5. The number of rotatable bonds is 2. The molecule has 0 unspecified atom stereocenters. The fourth-order valence-corrected chi connectivity index (χ4v) is 5.94. The molecule has 23 heavy (non-hydrogen) atoms. The average Bonchev–Trinajstić information content (AvgIpc) is 3.22. The van der Waals surface area contributed by atoms with E-state index in [1.165, 1.54) is 78.0 Å². The third-order valence-corrected chi connectivity index (χ3v) is 7.37. The van der Waals surface area contributed by atoms with Crippen molar-refractivity contribution >= 4 is 6.09 Å². The van der Waals surface area contributed by atoms with Crippen molar-refractivity contribution in [1.82, 2.24) is 9.80 Å². The van der Waals surface area contributed by atoms with Crippen molar-refractivity contribution in [3.8, 4) is 0 Å². The Balaban J connectivity index is 1.23. The summed E-state index contributed by atoms with van der Waals surface area (Å²) in [5, 5.41) is 0. The van der Waals surface area contributed by atoms with E-state index in [1.807, 2.05) is 4.90 Å². The van der Waals surface area contributed by atoms with Crippen LogP contribution in [0.15, 0.2) is 0 Å². The van der Waals surface area contributed by atoms with E-state index in [9.17, 15) is 4.79 Å². The number of carbonyl (C=O) groups excluding carboxylic acids is 1. The topological polar surface area (TPSA) is 32.8 Å². The molecule has 2 aliphatic carbocycles. The lowest BCUT2D eigenvalue weighted by Gasteiger charge is -2.52. The standard InChI is InChI=1S/C19H32N2O2/c1-23-18(22)21-11-8-19(14-21)12-17(13-19)20-9-6-16(7-10-20)15-4-2-3-5-15/h15-17H,2-14H2,1H3. The van der Waals surface area contributed by atoms with Crippen molar-refractivity contribution in [2.45, 2.75) is 63.8 Å². The van der Waals surface area contributed by atoms with Crippen LogP contribution in [0.5, 0.6) is 0 Å². The maximum atomic E-state index is 11.7. The number of amides is 1. The van der Waals surface area contributed by atoms with Gasteiger partial charge in [-0.15, -0.1) is 0 Å². The minimum Gasteiger partial charge on any atom is -0.453 e. The smallest absolute Gasteiger partial charge is 0.409 e. The molecule has 0 bridgehead atoms. The Kier molecular flexibility index (Phi) is 4.29. The fraction of sp³-hybridized carbons (Fsp3) is 0.947. The Morgan fingerprint density at radius 2 is 1.65 bits per heavy atom. The molecule has 0 aromatic rings. The first-order valence-electron chi connectivity index (χ1n) is 9.76. The molecule has 0 aromatic carbocycles. The first kappa shape index (κ1) is 15.7. The van der Waals surface area contributed by atoms with Gasteiger partial charge in [-0.3, -0.25) is 0 Å². The molecule has 2 saturated carbocycles. The molecule has 0 atom stereocenters. The van der Waals surface area contributed by atoms with Crippen molar-refractivity contribution in [2.24, 2.45) is 17.3 Å². The summed E-state index contributed by atoms with van der Waals surface area (Å²) in [6.45, 7) is 4.46. The van der Waals surface area contributed by atoms with Gasteiger partial charge < -0.3 is 14.5 Å². The summed E-state index contributed by atoms with van der Waals surface area (Å²) >= 11 is 0. The lowest BCUT2D eigenvalue weighted by Crippen LogP contribution is -2.54. The zero-order valence-electron chi connectivity index (χ0n) is 14.6. The van der Waals surface area contributed by atoms with E-state index in [0.717, 1.165) is 31.0 Å². The van der Waals surface area contributed by atoms with Crippen LogP contribution in [0.4, 0.5) is 4.79 Å². The van der Waals surface area contributed by atoms with Gasteiger partial charge >= 0.3 is 6.09 Å². The minimum atomic E-state index is -0.136. The number of nitrogens with zero attached hydrogens (tertiary/aromatic N) is 2. The van der Waals surface area contributed by atoms with Gasteiger partial charge in [0.15, 0.2) is 0 Å².